The topological polar surface area (TPSA) is 42.7 Å². The molecule has 6 rings (SSSR count). The Balaban J connectivity index is 1.89. The van der Waals surface area contributed by atoms with Gasteiger partial charge in [-0.2, -0.15) is 0 Å². The fourth-order valence-corrected chi connectivity index (χ4v) is 4.21. The molecule has 26 heavy (non-hydrogen) atoms. The van der Waals surface area contributed by atoms with E-state index in [1.54, 1.807) is 12.5 Å². The Labute approximate surface area is 149 Å². The summed E-state index contributed by atoms with van der Waals surface area (Å²) in [5.41, 5.74) is 7.02. The number of anilines is 1. The number of nitrogens with zero attached hydrogens (tertiary/aromatic N) is 1. The molecule has 0 aliphatic carbocycles. The summed E-state index contributed by atoms with van der Waals surface area (Å²) in [4.78, 5) is 0. The van der Waals surface area contributed by atoms with E-state index in [9.17, 15) is 0 Å². The van der Waals surface area contributed by atoms with E-state index >= 15 is 0 Å². The van der Waals surface area contributed by atoms with Crippen molar-refractivity contribution in [1.29, 1.82) is 0 Å². The number of furan rings is 2. The van der Waals surface area contributed by atoms with Crippen molar-refractivity contribution in [2.75, 3.05) is 11.9 Å². The Morgan fingerprint density at radius 2 is 1.69 bits per heavy atom. The molecular weight excluding hydrogens is 324 g/mol. The van der Waals surface area contributed by atoms with Gasteiger partial charge in [0.25, 0.3) is 0 Å². The van der Waals surface area contributed by atoms with E-state index in [0.29, 0.717) is 0 Å². The van der Waals surface area contributed by atoms with Gasteiger partial charge in [0.1, 0.15) is 11.5 Å². The number of pyridine rings is 1. The molecule has 1 aliphatic rings. The van der Waals surface area contributed by atoms with E-state index in [0.717, 1.165) is 41.4 Å². The zero-order chi connectivity index (χ0) is 17.1. The molecule has 0 saturated heterocycles. The number of benzene rings is 1. The maximum absolute atomic E-state index is 5.83. The van der Waals surface area contributed by atoms with Gasteiger partial charge >= 0.3 is 0 Å². The molecule has 1 aliphatic heterocycles. The lowest BCUT2D eigenvalue weighted by atomic mass is 10.0. The van der Waals surface area contributed by atoms with E-state index in [1.165, 1.54) is 22.0 Å². The van der Waals surface area contributed by atoms with Crippen LogP contribution < -0.4 is 5.32 Å². The van der Waals surface area contributed by atoms with Crippen LogP contribution in [0.15, 0.2) is 76.0 Å². The molecule has 0 atom stereocenters. The normalized spacial score (nSPS) is 13.4. The van der Waals surface area contributed by atoms with Gasteiger partial charge in [-0.25, -0.2) is 0 Å². The molecule has 126 valence electrons. The van der Waals surface area contributed by atoms with Gasteiger partial charge < -0.3 is 18.6 Å². The molecule has 5 aromatic rings. The molecule has 4 aromatic heterocycles. The van der Waals surface area contributed by atoms with Crippen molar-refractivity contribution in [1.82, 2.24) is 4.40 Å². The van der Waals surface area contributed by atoms with Gasteiger partial charge in [0.05, 0.1) is 29.2 Å². The predicted octanol–water partition coefficient (Wildman–Crippen LogP) is 5.58. The lowest BCUT2D eigenvalue weighted by molar-refractivity contribution is 0.573. The van der Waals surface area contributed by atoms with Crippen LogP contribution in [0.1, 0.15) is 5.56 Å². The van der Waals surface area contributed by atoms with Crippen molar-refractivity contribution in [3.8, 4) is 22.8 Å². The minimum atomic E-state index is 0.834. The number of fused-ring (bicyclic) bond motifs is 3. The molecule has 1 N–H and O–H groups in total. The summed E-state index contributed by atoms with van der Waals surface area (Å²) in [6.45, 7) is 0.939. The van der Waals surface area contributed by atoms with Gasteiger partial charge in [0.2, 0.25) is 0 Å². The molecular formula is C22H16N2O2. The van der Waals surface area contributed by atoms with E-state index in [4.69, 9.17) is 8.83 Å². The Morgan fingerprint density at radius 1 is 0.885 bits per heavy atom. The zero-order valence-electron chi connectivity index (χ0n) is 14.0. The van der Waals surface area contributed by atoms with E-state index in [1.807, 2.05) is 24.3 Å². The van der Waals surface area contributed by atoms with Crippen molar-refractivity contribution in [2.45, 2.75) is 6.42 Å². The lowest BCUT2D eigenvalue weighted by Crippen LogP contribution is -2.12. The number of rotatable bonds is 2. The summed E-state index contributed by atoms with van der Waals surface area (Å²) in [6.07, 6.45) is 4.45. The van der Waals surface area contributed by atoms with Gasteiger partial charge in [-0.15, -0.1) is 0 Å². The number of para-hydroxylation sites is 1. The first-order valence-corrected chi connectivity index (χ1v) is 8.82. The van der Waals surface area contributed by atoms with Crippen LogP contribution in [-0.2, 0) is 6.42 Å². The second-order valence-electron chi connectivity index (χ2n) is 6.63. The molecule has 0 fully saturated rings. The van der Waals surface area contributed by atoms with Crippen LogP contribution >= 0.6 is 0 Å². The van der Waals surface area contributed by atoms with Gasteiger partial charge in [0.15, 0.2) is 5.76 Å². The molecule has 0 bridgehead atoms. The van der Waals surface area contributed by atoms with Crippen LogP contribution in [0.2, 0.25) is 0 Å². The van der Waals surface area contributed by atoms with Crippen molar-refractivity contribution < 1.29 is 8.83 Å². The summed E-state index contributed by atoms with van der Waals surface area (Å²) in [5.74, 6) is 1.67. The van der Waals surface area contributed by atoms with Gasteiger partial charge in [-0.1, -0.05) is 18.2 Å². The largest absolute Gasteiger partial charge is 0.464 e. The van der Waals surface area contributed by atoms with E-state index < -0.39 is 0 Å². The summed E-state index contributed by atoms with van der Waals surface area (Å²) < 4.78 is 13.9. The Morgan fingerprint density at radius 3 is 2.50 bits per heavy atom. The summed E-state index contributed by atoms with van der Waals surface area (Å²) in [7, 11) is 0. The minimum absolute atomic E-state index is 0.834. The number of hydrogen-bond acceptors (Lipinski definition) is 3. The summed E-state index contributed by atoms with van der Waals surface area (Å²) >= 11 is 0. The quantitative estimate of drug-likeness (QED) is 0.456. The van der Waals surface area contributed by atoms with Gasteiger partial charge in [-0.05, 0) is 48.4 Å². The third kappa shape index (κ3) is 1.73. The van der Waals surface area contributed by atoms with Crippen LogP contribution in [0.25, 0.3) is 39.2 Å². The fourth-order valence-electron chi connectivity index (χ4n) is 4.21. The molecule has 4 nitrogen and oxygen atoms in total. The van der Waals surface area contributed by atoms with Gasteiger partial charge in [-0.3, -0.25) is 0 Å². The predicted molar refractivity (Wildman–Crippen MR) is 103 cm³/mol. The molecule has 0 amide bonds. The van der Waals surface area contributed by atoms with Crippen molar-refractivity contribution in [3.05, 3.63) is 72.7 Å². The van der Waals surface area contributed by atoms with Crippen LogP contribution in [0, 0.1) is 0 Å². The van der Waals surface area contributed by atoms with Crippen molar-refractivity contribution >= 4 is 22.1 Å². The Kier molecular flexibility index (Phi) is 2.69. The monoisotopic (exact) mass is 340 g/mol. The van der Waals surface area contributed by atoms with Crippen LogP contribution in [0.3, 0.4) is 0 Å². The fraction of sp³-hybridized carbons (Fsp3) is 0.0909. The van der Waals surface area contributed by atoms with E-state index in [2.05, 4.69) is 40.0 Å². The first-order chi connectivity index (χ1) is 12.9. The highest BCUT2D eigenvalue weighted by atomic mass is 16.3. The lowest BCUT2D eigenvalue weighted by Gasteiger charge is -2.19. The molecule has 4 heteroatoms. The van der Waals surface area contributed by atoms with Gasteiger partial charge in [0, 0.05) is 17.5 Å². The second kappa shape index (κ2) is 5.05. The standard InChI is InChI=1S/C22H16N2O2/c1-2-6-18-14(5-1)15-9-10-23-17-13-16(19-7-3-11-25-19)22(24(18)21(15)17)20-8-4-12-26-20/h1-8,11-13,23H,9-10H2. The molecule has 0 saturated carbocycles. The molecule has 5 heterocycles. The van der Waals surface area contributed by atoms with Crippen LogP contribution in [0.4, 0.5) is 5.69 Å². The third-order valence-electron chi connectivity index (χ3n) is 5.23. The third-order valence-corrected chi connectivity index (χ3v) is 5.23. The minimum Gasteiger partial charge on any atom is -0.464 e. The highest BCUT2D eigenvalue weighted by molar-refractivity contribution is 6.02. The molecule has 0 spiro atoms. The highest BCUT2D eigenvalue weighted by Crippen LogP contribution is 2.43. The highest BCUT2D eigenvalue weighted by Gasteiger charge is 2.25. The Hall–Kier alpha value is -3.40. The van der Waals surface area contributed by atoms with Crippen molar-refractivity contribution in [3.63, 3.8) is 0 Å². The number of nitrogens with one attached hydrogen (secondary N) is 1. The van der Waals surface area contributed by atoms with Crippen LogP contribution in [-0.4, -0.2) is 10.9 Å². The zero-order valence-corrected chi connectivity index (χ0v) is 14.0. The number of aromatic nitrogens is 1. The maximum atomic E-state index is 5.83. The average Bonchev–Trinajstić information content (AvgIpc) is 3.44. The molecule has 0 radical (unpaired) electrons. The SMILES string of the molecule is c1coc(-c2cc3c4c(c5ccccc5n4c2-c2ccco2)CCN3)c1. The first-order valence-electron chi connectivity index (χ1n) is 8.82. The first kappa shape index (κ1) is 13.8. The Bertz CT molecular complexity index is 1250. The smallest absolute Gasteiger partial charge is 0.151 e. The second-order valence-corrected chi connectivity index (χ2v) is 6.63. The number of hydrogen-bond donors (Lipinski definition) is 1. The summed E-state index contributed by atoms with van der Waals surface area (Å²) in [5, 5.41) is 4.87. The van der Waals surface area contributed by atoms with Crippen molar-refractivity contribution in [2.24, 2.45) is 0 Å². The van der Waals surface area contributed by atoms with E-state index in [-0.39, 0.29) is 0 Å². The molecule has 0 unspecified atom stereocenters. The molecule has 1 aromatic carbocycles. The maximum Gasteiger partial charge on any atom is 0.151 e. The average molecular weight is 340 g/mol. The summed E-state index contributed by atoms with van der Waals surface area (Å²) in [6, 6.07) is 18.6. The van der Waals surface area contributed by atoms with Crippen LogP contribution in [0.5, 0.6) is 0 Å².